The summed E-state index contributed by atoms with van der Waals surface area (Å²) in [6.07, 6.45) is 17.5. The van der Waals surface area contributed by atoms with Crippen molar-refractivity contribution in [2.45, 2.75) is 121 Å². The van der Waals surface area contributed by atoms with E-state index in [0.717, 1.165) is 35.5 Å². The van der Waals surface area contributed by atoms with E-state index in [2.05, 4.69) is 66.5 Å². The van der Waals surface area contributed by atoms with E-state index >= 15 is 0 Å². The Morgan fingerprint density at radius 1 is 0.862 bits per heavy atom. The van der Waals surface area contributed by atoms with Crippen LogP contribution in [0.15, 0.2) is 0 Å². The molecule has 0 spiro atoms. The smallest absolute Gasteiger partial charge is 0.0439 e. The van der Waals surface area contributed by atoms with Crippen molar-refractivity contribution in [2.24, 2.45) is 46.3 Å². The number of alkyl halides is 2. The van der Waals surface area contributed by atoms with Crippen LogP contribution in [0, 0.1) is 46.3 Å². The summed E-state index contributed by atoms with van der Waals surface area (Å²) >= 11 is 8.49. The van der Waals surface area contributed by atoms with Crippen LogP contribution < -0.4 is 0 Å². The first-order chi connectivity index (χ1) is 13.6. The zero-order valence-corrected chi connectivity index (χ0v) is 23.0. The zero-order chi connectivity index (χ0) is 21.0. The van der Waals surface area contributed by atoms with Gasteiger partial charge in [-0.2, -0.15) is 0 Å². The van der Waals surface area contributed by atoms with E-state index in [1.54, 1.807) is 0 Å². The average molecular weight is 530 g/mol. The van der Waals surface area contributed by atoms with Crippen molar-refractivity contribution >= 4 is 31.9 Å². The van der Waals surface area contributed by atoms with Gasteiger partial charge >= 0.3 is 0 Å². The van der Waals surface area contributed by atoms with Crippen LogP contribution >= 0.6 is 31.9 Å². The zero-order valence-electron chi connectivity index (χ0n) is 19.8. The molecule has 0 aromatic carbocycles. The third-order valence-corrected chi connectivity index (χ3v) is 14.6. The predicted molar refractivity (Wildman–Crippen MR) is 134 cm³/mol. The lowest BCUT2D eigenvalue weighted by Crippen LogP contribution is -2.62. The highest BCUT2D eigenvalue weighted by atomic mass is 79.9. The maximum Gasteiger partial charge on any atom is 0.0439 e. The van der Waals surface area contributed by atoms with Gasteiger partial charge in [0.25, 0.3) is 0 Å². The highest BCUT2D eigenvalue weighted by Crippen LogP contribution is 2.71. The van der Waals surface area contributed by atoms with Gasteiger partial charge in [0.05, 0.1) is 0 Å². The van der Waals surface area contributed by atoms with Crippen LogP contribution in [-0.2, 0) is 0 Å². The van der Waals surface area contributed by atoms with Crippen LogP contribution in [0.2, 0.25) is 0 Å². The van der Waals surface area contributed by atoms with Crippen molar-refractivity contribution in [3.8, 4) is 0 Å². The standard InChI is InChI=1S/C27H46Br2/c1-18(2)8-6-9-19(3)21-11-12-22-20-13-17-27(29)24(28)10-7-15-26(27,5)23(20)14-16-25(21,22)4/h18-24H,6-17H2,1-5H3/t19-,20+,21+,22-,23+,24-,25-,26-,27-/m1/s1. The van der Waals surface area contributed by atoms with E-state index in [0.29, 0.717) is 20.0 Å². The summed E-state index contributed by atoms with van der Waals surface area (Å²) in [6, 6.07) is 0. The fourth-order valence-corrected chi connectivity index (χ4v) is 11.3. The second kappa shape index (κ2) is 8.39. The fourth-order valence-electron chi connectivity index (χ4n) is 9.26. The van der Waals surface area contributed by atoms with E-state index in [1.165, 1.54) is 77.0 Å². The first-order valence-electron chi connectivity index (χ1n) is 13.0. The molecule has 168 valence electrons. The average Bonchev–Trinajstić information content (AvgIpc) is 3.01. The summed E-state index contributed by atoms with van der Waals surface area (Å²) in [6.45, 7) is 12.8. The molecule has 9 atom stereocenters. The van der Waals surface area contributed by atoms with Crippen molar-refractivity contribution in [3.63, 3.8) is 0 Å². The summed E-state index contributed by atoms with van der Waals surface area (Å²) < 4.78 is 0.343. The van der Waals surface area contributed by atoms with Gasteiger partial charge < -0.3 is 0 Å². The maximum absolute atomic E-state index is 4.37. The molecule has 0 unspecified atom stereocenters. The van der Waals surface area contributed by atoms with E-state index in [1.807, 2.05) is 0 Å². The van der Waals surface area contributed by atoms with E-state index in [4.69, 9.17) is 0 Å². The topological polar surface area (TPSA) is 0 Å². The molecule has 2 heteroatoms. The molecule has 0 aliphatic heterocycles. The van der Waals surface area contributed by atoms with Gasteiger partial charge in [-0.3, -0.25) is 0 Å². The van der Waals surface area contributed by atoms with E-state index in [-0.39, 0.29) is 0 Å². The molecule has 0 heterocycles. The highest BCUT2D eigenvalue weighted by Gasteiger charge is 2.65. The number of halogens is 2. The lowest BCUT2D eigenvalue weighted by molar-refractivity contribution is -0.0989. The molecule has 0 aromatic heterocycles. The summed E-state index contributed by atoms with van der Waals surface area (Å²) in [7, 11) is 0. The molecule has 0 saturated heterocycles. The molecule has 0 amide bonds. The van der Waals surface area contributed by atoms with Gasteiger partial charge in [0.2, 0.25) is 0 Å². The van der Waals surface area contributed by atoms with Gasteiger partial charge in [-0.1, -0.05) is 92.2 Å². The summed E-state index contributed by atoms with van der Waals surface area (Å²) in [4.78, 5) is 0.667. The fraction of sp³-hybridized carbons (Fsp3) is 1.00. The molecule has 0 bridgehead atoms. The molecule has 29 heavy (non-hydrogen) atoms. The first-order valence-corrected chi connectivity index (χ1v) is 14.7. The number of hydrogen-bond donors (Lipinski definition) is 0. The Morgan fingerprint density at radius 3 is 2.34 bits per heavy atom. The molecule has 0 N–H and O–H groups in total. The Kier molecular flexibility index (Phi) is 6.69. The van der Waals surface area contributed by atoms with Gasteiger partial charge in [0.1, 0.15) is 0 Å². The maximum atomic E-state index is 4.37. The molecular formula is C27H46Br2. The predicted octanol–water partition coefficient (Wildman–Crippen LogP) is 9.39. The first kappa shape index (κ1) is 23.1. The Labute approximate surface area is 198 Å². The monoisotopic (exact) mass is 528 g/mol. The Hall–Kier alpha value is 0.960. The normalized spacial score (nSPS) is 50.7. The van der Waals surface area contributed by atoms with Crippen LogP contribution in [0.4, 0.5) is 0 Å². The summed E-state index contributed by atoms with van der Waals surface area (Å²) in [5, 5.41) is 0. The third kappa shape index (κ3) is 3.65. The molecule has 4 saturated carbocycles. The second-order valence-electron chi connectivity index (χ2n) is 12.6. The molecule has 4 fully saturated rings. The number of rotatable bonds is 5. The molecule has 0 aromatic rings. The third-order valence-electron chi connectivity index (χ3n) is 10.9. The minimum atomic E-state index is 0.343. The van der Waals surface area contributed by atoms with E-state index in [9.17, 15) is 0 Å². The van der Waals surface area contributed by atoms with Gasteiger partial charge in [0, 0.05) is 9.15 Å². The summed E-state index contributed by atoms with van der Waals surface area (Å²) in [5.41, 5.74) is 1.12. The van der Waals surface area contributed by atoms with Gasteiger partial charge in [-0.15, -0.1) is 0 Å². The van der Waals surface area contributed by atoms with Crippen molar-refractivity contribution < 1.29 is 0 Å². The van der Waals surface area contributed by atoms with Gasteiger partial charge in [-0.25, -0.2) is 0 Å². The van der Waals surface area contributed by atoms with Crippen LogP contribution in [0.5, 0.6) is 0 Å². The van der Waals surface area contributed by atoms with Crippen molar-refractivity contribution in [1.82, 2.24) is 0 Å². The minimum Gasteiger partial charge on any atom is -0.0875 e. The Morgan fingerprint density at radius 2 is 1.62 bits per heavy atom. The molecule has 4 aliphatic rings. The lowest BCUT2D eigenvalue weighted by Gasteiger charge is -2.65. The Bertz CT molecular complexity index is 587. The molecule has 0 nitrogen and oxygen atoms in total. The van der Waals surface area contributed by atoms with Crippen molar-refractivity contribution in [2.75, 3.05) is 0 Å². The van der Waals surface area contributed by atoms with Crippen LogP contribution in [-0.4, -0.2) is 9.15 Å². The molecular weight excluding hydrogens is 484 g/mol. The molecule has 4 aliphatic carbocycles. The number of hydrogen-bond acceptors (Lipinski definition) is 0. The van der Waals surface area contributed by atoms with E-state index < -0.39 is 0 Å². The Balaban J connectivity index is 1.51. The SMILES string of the molecule is CC(C)CCC[C@@H](C)[C@@H]1CC[C@@H]2[C@@H]3CC[C@@]4(Br)[C@H](Br)CCC[C@]4(C)[C@H]3CC[C@@]21C. The van der Waals surface area contributed by atoms with Gasteiger partial charge in [-0.05, 0) is 97.7 Å². The van der Waals surface area contributed by atoms with Crippen LogP contribution in [0.3, 0.4) is 0 Å². The highest BCUT2D eigenvalue weighted by molar-refractivity contribution is 9.12. The van der Waals surface area contributed by atoms with Crippen LogP contribution in [0.25, 0.3) is 0 Å². The largest absolute Gasteiger partial charge is 0.0875 e. The van der Waals surface area contributed by atoms with Gasteiger partial charge in [0.15, 0.2) is 0 Å². The van der Waals surface area contributed by atoms with Crippen molar-refractivity contribution in [3.05, 3.63) is 0 Å². The van der Waals surface area contributed by atoms with Crippen LogP contribution in [0.1, 0.15) is 112 Å². The second-order valence-corrected chi connectivity index (χ2v) is 15.1. The molecule has 0 radical (unpaired) electrons. The number of fused-ring (bicyclic) bond motifs is 5. The minimum absolute atomic E-state index is 0.343. The summed E-state index contributed by atoms with van der Waals surface area (Å²) in [5.74, 6) is 5.73. The van der Waals surface area contributed by atoms with Crippen molar-refractivity contribution in [1.29, 1.82) is 0 Å². The molecule has 4 rings (SSSR count). The lowest BCUT2D eigenvalue weighted by atomic mass is 9.44. The quantitative estimate of drug-likeness (QED) is 0.311.